The first-order chi connectivity index (χ1) is 14.0. The van der Waals surface area contributed by atoms with Crippen molar-refractivity contribution in [3.05, 3.63) is 62.5 Å². The molecule has 1 heterocycles. The number of carbonyl (C=O) groups is 3. The van der Waals surface area contributed by atoms with E-state index in [0.717, 1.165) is 0 Å². The number of hydrogen-bond acceptors (Lipinski definition) is 6. The van der Waals surface area contributed by atoms with Crippen LogP contribution in [0.25, 0.3) is 0 Å². The fraction of sp³-hybridized carbons (Fsp3) is 0.381. The van der Waals surface area contributed by atoms with Gasteiger partial charge in [-0.2, -0.15) is 0 Å². The molecule has 0 saturated heterocycles. The van der Waals surface area contributed by atoms with Gasteiger partial charge in [0.2, 0.25) is 0 Å². The molecule has 0 N–H and O–H groups in total. The van der Waals surface area contributed by atoms with E-state index in [1.165, 1.54) is 36.2 Å². The zero-order chi connectivity index (χ0) is 22.7. The molecule has 9 nitrogen and oxygen atoms in total. The summed E-state index contributed by atoms with van der Waals surface area (Å²) in [5.41, 5.74) is 1.88. The van der Waals surface area contributed by atoms with Crippen molar-refractivity contribution >= 4 is 23.3 Å². The Morgan fingerprint density at radius 3 is 2.27 bits per heavy atom. The number of hydrogen-bond donors (Lipinski definition) is 0. The standard InChI is InChI=1S/C21H25N3O6/c1-7-30-21(27)18-12(2)17(13(3)22(18)5)19(25)14(4)23(6)20(26)15-8-10-16(11-9-15)24(28)29/h8-11,14H,7H2,1-6H3/t14-/m0/s1. The number of carbonyl (C=O) groups excluding carboxylic acids is 3. The van der Waals surface area contributed by atoms with Gasteiger partial charge in [0.25, 0.3) is 11.6 Å². The first kappa shape index (κ1) is 22.8. The van der Waals surface area contributed by atoms with E-state index in [-0.39, 0.29) is 23.6 Å². The molecular weight excluding hydrogens is 390 g/mol. The lowest BCUT2D eigenvalue weighted by molar-refractivity contribution is -0.384. The minimum atomic E-state index is -0.817. The molecule has 9 heteroatoms. The number of ketones is 1. The number of benzene rings is 1. The molecule has 1 aromatic heterocycles. The normalized spacial score (nSPS) is 11.7. The second-order valence-electron chi connectivity index (χ2n) is 6.97. The largest absolute Gasteiger partial charge is 0.461 e. The fourth-order valence-electron chi connectivity index (χ4n) is 3.32. The summed E-state index contributed by atoms with van der Waals surface area (Å²) in [6, 6.07) is 4.37. The van der Waals surface area contributed by atoms with Crippen LogP contribution in [0.3, 0.4) is 0 Å². The van der Waals surface area contributed by atoms with E-state index in [1.807, 2.05) is 0 Å². The van der Waals surface area contributed by atoms with Crippen molar-refractivity contribution < 1.29 is 24.0 Å². The Kier molecular flexibility index (Phi) is 6.76. The molecule has 0 unspecified atom stereocenters. The molecule has 0 radical (unpaired) electrons. The van der Waals surface area contributed by atoms with Crippen LogP contribution in [0.1, 0.15) is 56.3 Å². The summed E-state index contributed by atoms with van der Waals surface area (Å²) in [5.74, 6) is -1.26. The van der Waals surface area contributed by atoms with Gasteiger partial charge in [0, 0.05) is 43.0 Å². The van der Waals surface area contributed by atoms with E-state index in [1.54, 1.807) is 39.3 Å². The molecule has 0 aliphatic heterocycles. The predicted octanol–water partition coefficient (Wildman–Crippen LogP) is 3.07. The monoisotopic (exact) mass is 415 g/mol. The number of Topliss-reactive ketones (excluding diaryl/α,β-unsaturated/α-hetero) is 1. The third kappa shape index (κ3) is 4.10. The average Bonchev–Trinajstić information content (AvgIpc) is 2.94. The van der Waals surface area contributed by atoms with Gasteiger partial charge in [-0.25, -0.2) is 4.79 Å². The van der Waals surface area contributed by atoms with Crippen LogP contribution in [0.5, 0.6) is 0 Å². The van der Waals surface area contributed by atoms with Crippen molar-refractivity contribution in [2.24, 2.45) is 7.05 Å². The summed E-state index contributed by atoms with van der Waals surface area (Å²) in [7, 11) is 3.17. The van der Waals surface area contributed by atoms with Crippen LogP contribution in [-0.4, -0.2) is 51.7 Å². The number of likely N-dealkylation sites (N-methyl/N-ethyl adjacent to an activating group) is 1. The third-order valence-corrected chi connectivity index (χ3v) is 5.25. The van der Waals surface area contributed by atoms with E-state index < -0.39 is 22.8 Å². The van der Waals surface area contributed by atoms with Gasteiger partial charge in [-0.15, -0.1) is 0 Å². The highest BCUT2D eigenvalue weighted by Crippen LogP contribution is 2.25. The molecule has 2 rings (SSSR count). The first-order valence-corrected chi connectivity index (χ1v) is 9.41. The van der Waals surface area contributed by atoms with Gasteiger partial charge in [0.15, 0.2) is 5.78 Å². The molecule has 2 aromatic rings. The third-order valence-electron chi connectivity index (χ3n) is 5.25. The molecule has 0 saturated carbocycles. The number of nitro groups is 1. The molecule has 1 aromatic carbocycles. The molecule has 0 spiro atoms. The SMILES string of the molecule is CCOC(=O)c1c(C)c(C(=O)[C@H](C)N(C)C(=O)c2ccc([N+](=O)[O-])cc2)c(C)n1C. The van der Waals surface area contributed by atoms with Crippen LogP contribution in [0.15, 0.2) is 24.3 Å². The van der Waals surface area contributed by atoms with Crippen molar-refractivity contribution in [3.8, 4) is 0 Å². The molecule has 0 aliphatic rings. The maximum absolute atomic E-state index is 13.2. The number of nitro benzene ring substituents is 1. The van der Waals surface area contributed by atoms with Gasteiger partial charge in [0.05, 0.1) is 17.6 Å². The smallest absolute Gasteiger partial charge is 0.355 e. The molecule has 160 valence electrons. The average molecular weight is 415 g/mol. The molecule has 0 fully saturated rings. The quantitative estimate of drug-likeness (QED) is 0.297. The highest BCUT2D eigenvalue weighted by Gasteiger charge is 2.31. The van der Waals surface area contributed by atoms with Crippen LogP contribution in [0.4, 0.5) is 5.69 Å². The van der Waals surface area contributed by atoms with Gasteiger partial charge in [-0.3, -0.25) is 19.7 Å². The Morgan fingerprint density at radius 1 is 1.20 bits per heavy atom. The Morgan fingerprint density at radius 2 is 1.77 bits per heavy atom. The summed E-state index contributed by atoms with van der Waals surface area (Å²) in [6.07, 6.45) is 0. The molecule has 0 bridgehead atoms. The molecular formula is C21H25N3O6. The number of esters is 1. The van der Waals surface area contributed by atoms with Crippen molar-refractivity contribution in [1.29, 1.82) is 0 Å². The topological polar surface area (TPSA) is 112 Å². The number of non-ortho nitro benzene ring substituents is 1. The zero-order valence-corrected chi connectivity index (χ0v) is 17.9. The number of rotatable bonds is 7. The molecule has 1 amide bonds. The van der Waals surface area contributed by atoms with Crippen LogP contribution in [0, 0.1) is 24.0 Å². The lowest BCUT2D eigenvalue weighted by Gasteiger charge is -2.24. The molecule has 0 aliphatic carbocycles. The van der Waals surface area contributed by atoms with Gasteiger partial charge in [0.1, 0.15) is 5.69 Å². The Labute approximate surface area is 174 Å². The predicted molar refractivity (Wildman–Crippen MR) is 110 cm³/mol. The van der Waals surface area contributed by atoms with Gasteiger partial charge >= 0.3 is 5.97 Å². The Bertz CT molecular complexity index is 1010. The summed E-state index contributed by atoms with van der Waals surface area (Å²) in [4.78, 5) is 49.8. The highest BCUT2D eigenvalue weighted by molar-refractivity contribution is 6.07. The minimum absolute atomic E-state index is 0.125. The molecule has 1 atom stereocenters. The Balaban J connectivity index is 2.32. The van der Waals surface area contributed by atoms with Crippen molar-refractivity contribution in [2.45, 2.75) is 33.7 Å². The first-order valence-electron chi connectivity index (χ1n) is 9.41. The van der Waals surface area contributed by atoms with Gasteiger partial charge < -0.3 is 14.2 Å². The summed E-state index contributed by atoms with van der Waals surface area (Å²) in [5, 5.41) is 10.8. The van der Waals surface area contributed by atoms with Crippen LogP contribution >= 0.6 is 0 Å². The fourth-order valence-corrected chi connectivity index (χ4v) is 3.32. The van der Waals surface area contributed by atoms with E-state index in [2.05, 4.69) is 0 Å². The second kappa shape index (κ2) is 8.89. The number of nitrogens with zero attached hydrogens (tertiary/aromatic N) is 3. The summed E-state index contributed by atoms with van der Waals surface area (Å²) < 4.78 is 6.70. The maximum atomic E-state index is 13.2. The van der Waals surface area contributed by atoms with Crippen LogP contribution < -0.4 is 0 Å². The molecule has 30 heavy (non-hydrogen) atoms. The Hall–Kier alpha value is -3.49. The van der Waals surface area contributed by atoms with Crippen LogP contribution in [-0.2, 0) is 11.8 Å². The lowest BCUT2D eigenvalue weighted by Crippen LogP contribution is -2.40. The van der Waals surface area contributed by atoms with Crippen molar-refractivity contribution in [3.63, 3.8) is 0 Å². The van der Waals surface area contributed by atoms with E-state index in [0.29, 0.717) is 22.5 Å². The second-order valence-corrected chi connectivity index (χ2v) is 6.97. The zero-order valence-electron chi connectivity index (χ0n) is 17.9. The number of ether oxygens (including phenoxy) is 1. The number of aromatic nitrogens is 1. The van der Waals surface area contributed by atoms with Gasteiger partial charge in [-0.05, 0) is 45.4 Å². The van der Waals surface area contributed by atoms with Crippen LogP contribution in [0.2, 0.25) is 0 Å². The highest BCUT2D eigenvalue weighted by atomic mass is 16.6. The summed E-state index contributed by atoms with van der Waals surface area (Å²) in [6.45, 7) is 6.93. The van der Waals surface area contributed by atoms with E-state index >= 15 is 0 Å². The van der Waals surface area contributed by atoms with E-state index in [9.17, 15) is 24.5 Å². The maximum Gasteiger partial charge on any atom is 0.355 e. The number of amides is 1. The van der Waals surface area contributed by atoms with Gasteiger partial charge in [-0.1, -0.05) is 0 Å². The summed E-state index contributed by atoms with van der Waals surface area (Å²) >= 11 is 0. The van der Waals surface area contributed by atoms with Crippen molar-refractivity contribution in [1.82, 2.24) is 9.47 Å². The van der Waals surface area contributed by atoms with E-state index in [4.69, 9.17) is 4.74 Å². The van der Waals surface area contributed by atoms with Crippen molar-refractivity contribution in [2.75, 3.05) is 13.7 Å². The minimum Gasteiger partial charge on any atom is -0.461 e. The lowest BCUT2D eigenvalue weighted by atomic mass is 9.99.